The zero-order valence-electron chi connectivity index (χ0n) is 9.93. The van der Waals surface area contributed by atoms with Gasteiger partial charge in [0.1, 0.15) is 0 Å². The first kappa shape index (κ1) is 13.1. The van der Waals surface area contributed by atoms with Crippen LogP contribution in [0, 0.1) is 17.6 Å². The third-order valence-electron chi connectivity index (χ3n) is 2.97. The van der Waals surface area contributed by atoms with Crippen LogP contribution < -0.4 is 0 Å². The van der Waals surface area contributed by atoms with Gasteiger partial charge >= 0.3 is 0 Å². The molecule has 1 aromatic rings. The Bertz CT molecular complexity index is 361. The first-order chi connectivity index (χ1) is 7.38. The number of hydrogen-bond acceptors (Lipinski definition) is 1. The average Bonchev–Trinajstić information content (AvgIpc) is 2.21. The maximum Gasteiger partial charge on any atom is 0.164 e. The quantitative estimate of drug-likeness (QED) is 0.834. The summed E-state index contributed by atoms with van der Waals surface area (Å²) < 4.78 is 26.6. The Balaban J connectivity index is 3.02. The fourth-order valence-corrected chi connectivity index (χ4v) is 1.85. The van der Waals surface area contributed by atoms with Crippen molar-refractivity contribution < 1.29 is 13.9 Å². The number of halogens is 2. The standard InChI is InChI=1S/C13H18F2O/c1-4-9(2)8-13(3,16)10-6-5-7-11(14)12(10)15/h5-7,9,16H,4,8H2,1-3H3. The van der Waals surface area contributed by atoms with Crippen molar-refractivity contribution in [3.8, 4) is 0 Å². The van der Waals surface area contributed by atoms with E-state index in [0.29, 0.717) is 6.42 Å². The minimum absolute atomic E-state index is 0.0350. The molecule has 1 nitrogen and oxygen atoms in total. The van der Waals surface area contributed by atoms with Crippen LogP contribution in [-0.4, -0.2) is 5.11 Å². The van der Waals surface area contributed by atoms with Crippen molar-refractivity contribution in [2.75, 3.05) is 0 Å². The van der Waals surface area contributed by atoms with Crippen LogP contribution in [0.2, 0.25) is 0 Å². The van der Waals surface area contributed by atoms with Crippen molar-refractivity contribution in [2.24, 2.45) is 5.92 Å². The Kier molecular flexibility index (Phi) is 4.03. The lowest BCUT2D eigenvalue weighted by Crippen LogP contribution is -2.25. The molecule has 3 heteroatoms. The lowest BCUT2D eigenvalue weighted by atomic mass is 9.85. The van der Waals surface area contributed by atoms with Gasteiger partial charge in [0, 0.05) is 5.56 Å². The van der Waals surface area contributed by atoms with E-state index < -0.39 is 17.2 Å². The summed E-state index contributed by atoms with van der Waals surface area (Å²) in [6.45, 7) is 5.51. The molecular formula is C13H18F2O. The predicted molar refractivity (Wildman–Crippen MR) is 60.0 cm³/mol. The van der Waals surface area contributed by atoms with Crippen molar-refractivity contribution in [3.63, 3.8) is 0 Å². The normalized spacial score (nSPS) is 16.9. The Morgan fingerprint density at radius 2 is 2.00 bits per heavy atom. The van der Waals surface area contributed by atoms with Gasteiger partial charge in [0.15, 0.2) is 11.6 Å². The number of hydrogen-bond donors (Lipinski definition) is 1. The van der Waals surface area contributed by atoms with E-state index in [4.69, 9.17) is 0 Å². The molecule has 90 valence electrons. The fourth-order valence-electron chi connectivity index (χ4n) is 1.85. The minimum Gasteiger partial charge on any atom is -0.385 e. The van der Waals surface area contributed by atoms with E-state index in [2.05, 4.69) is 0 Å². The van der Waals surface area contributed by atoms with Crippen molar-refractivity contribution in [3.05, 3.63) is 35.4 Å². The van der Waals surface area contributed by atoms with Gasteiger partial charge in [0.2, 0.25) is 0 Å². The summed E-state index contributed by atoms with van der Waals surface area (Å²) in [6, 6.07) is 3.90. The van der Waals surface area contributed by atoms with Gasteiger partial charge in [-0.15, -0.1) is 0 Å². The minimum atomic E-state index is -1.32. The monoisotopic (exact) mass is 228 g/mol. The van der Waals surface area contributed by atoms with Gasteiger partial charge in [-0.2, -0.15) is 0 Å². The van der Waals surface area contributed by atoms with Gasteiger partial charge in [0.05, 0.1) is 5.60 Å². The van der Waals surface area contributed by atoms with Crippen LogP contribution in [0.25, 0.3) is 0 Å². The van der Waals surface area contributed by atoms with Crippen LogP contribution in [0.5, 0.6) is 0 Å². The number of rotatable bonds is 4. The van der Waals surface area contributed by atoms with Crippen LogP contribution >= 0.6 is 0 Å². The van der Waals surface area contributed by atoms with Crippen LogP contribution in [0.15, 0.2) is 18.2 Å². The van der Waals surface area contributed by atoms with Gasteiger partial charge in [-0.05, 0) is 25.3 Å². The number of aliphatic hydroxyl groups is 1. The molecule has 1 rings (SSSR count). The molecule has 2 unspecified atom stereocenters. The molecule has 0 spiro atoms. The first-order valence-electron chi connectivity index (χ1n) is 5.55. The highest BCUT2D eigenvalue weighted by Gasteiger charge is 2.29. The lowest BCUT2D eigenvalue weighted by molar-refractivity contribution is 0.0278. The van der Waals surface area contributed by atoms with E-state index in [9.17, 15) is 13.9 Å². The zero-order valence-corrected chi connectivity index (χ0v) is 9.93. The first-order valence-corrected chi connectivity index (χ1v) is 5.55. The molecule has 0 amide bonds. The molecule has 0 heterocycles. The SMILES string of the molecule is CCC(C)CC(C)(O)c1cccc(F)c1F. The second kappa shape index (κ2) is 4.91. The molecule has 1 N–H and O–H groups in total. The second-order valence-electron chi connectivity index (χ2n) is 4.59. The Morgan fingerprint density at radius 1 is 1.38 bits per heavy atom. The molecule has 0 aromatic heterocycles. The van der Waals surface area contributed by atoms with Gasteiger partial charge in [-0.1, -0.05) is 32.4 Å². The highest BCUT2D eigenvalue weighted by atomic mass is 19.2. The lowest BCUT2D eigenvalue weighted by Gasteiger charge is -2.27. The Morgan fingerprint density at radius 3 is 2.56 bits per heavy atom. The van der Waals surface area contributed by atoms with E-state index in [1.807, 2.05) is 13.8 Å². The van der Waals surface area contributed by atoms with Crippen LogP contribution in [0.4, 0.5) is 8.78 Å². The summed E-state index contributed by atoms with van der Waals surface area (Å²) in [7, 11) is 0. The molecule has 0 saturated heterocycles. The average molecular weight is 228 g/mol. The van der Waals surface area contributed by atoms with E-state index in [1.54, 1.807) is 0 Å². The van der Waals surface area contributed by atoms with Crippen LogP contribution in [0.1, 0.15) is 39.2 Å². The van der Waals surface area contributed by atoms with Gasteiger partial charge in [0.25, 0.3) is 0 Å². The van der Waals surface area contributed by atoms with Crippen LogP contribution in [0.3, 0.4) is 0 Å². The molecule has 2 atom stereocenters. The van der Waals surface area contributed by atoms with E-state index in [1.165, 1.54) is 19.1 Å². The summed E-state index contributed by atoms with van der Waals surface area (Å²) in [5.74, 6) is -1.60. The topological polar surface area (TPSA) is 20.2 Å². The van der Waals surface area contributed by atoms with Gasteiger partial charge in [-0.25, -0.2) is 8.78 Å². The Hall–Kier alpha value is -0.960. The highest BCUT2D eigenvalue weighted by Crippen LogP contribution is 2.31. The molecule has 0 aliphatic heterocycles. The summed E-state index contributed by atoms with van der Waals surface area (Å²) in [6.07, 6.45) is 1.32. The summed E-state index contributed by atoms with van der Waals surface area (Å²) in [5.41, 5.74) is -1.28. The highest BCUT2D eigenvalue weighted by molar-refractivity contribution is 5.24. The predicted octanol–water partition coefficient (Wildman–Crippen LogP) is 3.61. The summed E-state index contributed by atoms with van der Waals surface area (Å²) in [4.78, 5) is 0. The molecule has 0 saturated carbocycles. The molecule has 0 fully saturated rings. The number of benzene rings is 1. The largest absolute Gasteiger partial charge is 0.385 e. The van der Waals surface area contributed by atoms with Gasteiger partial charge < -0.3 is 5.11 Å². The molecule has 0 aliphatic rings. The van der Waals surface area contributed by atoms with Crippen LogP contribution in [-0.2, 0) is 5.60 Å². The molecule has 0 radical (unpaired) electrons. The van der Waals surface area contributed by atoms with Crippen molar-refractivity contribution in [1.82, 2.24) is 0 Å². The van der Waals surface area contributed by atoms with Crippen molar-refractivity contribution in [1.29, 1.82) is 0 Å². The van der Waals surface area contributed by atoms with E-state index in [0.717, 1.165) is 12.5 Å². The van der Waals surface area contributed by atoms with Gasteiger partial charge in [-0.3, -0.25) is 0 Å². The third-order valence-corrected chi connectivity index (χ3v) is 2.97. The third kappa shape index (κ3) is 2.79. The maximum atomic E-state index is 13.5. The Labute approximate surface area is 95.1 Å². The maximum absolute atomic E-state index is 13.5. The summed E-state index contributed by atoms with van der Waals surface area (Å²) >= 11 is 0. The summed E-state index contributed by atoms with van der Waals surface area (Å²) in [5, 5.41) is 10.2. The molecule has 0 aliphatic carbocycles. The molecule has 16 heavy (non-hydrogen) atoms. The van der Waals surface area contributed by atoms with E-state index in [-0.39, 0.29) is 11.5 Å². The fraction of sp³-hybridized carbons (Fsp3) is 0.538. The van der Waals surface area contributed by atoms with Crippen molar-refractivity contribution >= 4 is 0 Å². The van der Waals surface area contributed by atoms with Crippen molar-refractivity contribution in [2.45, 2.75) is 39.2 Å². The zero-order chi connectivity index (χ0) is 12.3. The second-order valence-corrected chi connectivity index (χ2v) is 4.59. The van der Waals surface area contributed by atoms with E-state index >= 15 is 0 Å². The smallest absolute Gasteiger partial charge is 0.164 e. The molecule has 0 bridgehead atoms. The molecule has 1 aromatic carbocycles. The molecular weight excluding hydrogens is 210 g/mol.